The zero-order chi connectivity index (χ0) is 10.1. The first-order chi connectivity index (χ1) is 6.72. The van der Waals surface area contributed by atoms with Crippen LogP contribution in [0.4, 0.5) is 0 Å². The summed E-state index contributed by atoms with van der Waals surface area (Å²) in [7, 11) is 1.43. The Labute approximate surface area is 91.5 Å². The summed E-state index contributed by atoms with van der Waals surface area (Å²) in [6.07, 6.45) is 1.51. The van der Waals surface area contributed by atoms with Crippen LogP contribution in [-0.4, -0.2) is 28.2 Å². The van der Waals surface area contributed by atoms with Crippen LogP contribution in [0.1, 0.15) is 10.4 Å². The first-order valence-electron chi connectivity index (χ1n) is 3.97. The Bertz CT molecular complexity index is 495. The van der Waals surface area contributed by atoms with Gasteiger partial charge in [-0.25, -0.2) is 9.78 Å². The zero-order valence-electron chi connectivity index (χ0n) is 7.85. The summed E-state index contributed by atoms with van der Waals surface area (Å²) in [6.45, 7) is 0. The van der Waals surface area contributed by atoms with Crippen molar-refractivity contribution < 1.29 is 14.6 Å². The normalized spacial score (nSPS) is 9.67. The fourth-order valence-corrected chi connectivity index (χ4v) is 1.30. The molecule has 1 heterocycles. The molecule has 0 aliphatic rings. The van der Waals surface area contributed by atoms with E-state index in [0.717, 1.165) is 0 Å². The van der Waals surface area contributed by atoms with E-state index < -0.39 is 5.97 Å². The van der Waals surface area contributed by atoms with Gasteiger partial charge in [-0.05, 0) is 6.07 Å². The second kappa shape index (κ2) is 4.18. The maximum atomic E-state index is 10.8. The number of halogens is 1. The molecule has 0 radical (unpaired) electrons. The summed E-state index contributed by atoms with van der Waals surface area (Å²) in [4.78, 5) is 17.7. The molecule has 0 saturated heterocycles. The van der Waals surface area contributed by atoms with Crippen LogP contribution in [0.15, 0.2) is 18.5 Å². The number of fused-ring (bicyclic) bond motifs is 1. The SMILES string of the molecule is COc1cc2nc[nH]c2cc1C(=O)O.Cl. The van der Waals surface area contributed by atoms with Gasteiger partial charge in [-0.15, -0.1) is 12.4 Å². The zero-order valence-corrected chi connectivity index (χ0v) is 8.67. The smallest absolute Gasteiger partial charge is 0.339 e. The number of methoxy groups -OCH3 is 1. The molecule has 0 saturated carbocycles. The van der Waals surface area contributed by atoms with E-state index in [1.165, 1.54) is 19.5 Å². The number of imidazole rings is 1. The molecule has 0 bridgehead atoms. The topological polar surface area (TPSA) is 75.2 Å². The Morgan fingerprint density at radius 1 is 1.53 bits per heavy atom. The molecule has 0 fully saturated rings. The van der Waals surface area contributed by atoms with E-state index in [1.54, 1.807) is 6.07 Å². The third kappa shape index (κ3) is 1.87. The predicted molar refractivity (Wildman–Crippen MR) is 56.9 cm³/mol. The van der Waals surface area contributed by atoms with E-state index in [0.29, 0.717) is 16.8 Å². The number of aromatic amines is 1. The van der Waals surface area contributed by atoms with Crippen molar-refractivity contribution in [2.75, 3.05) is 7.11 Å². The molecule has 2 aromatic rings. The number of H-pyrrole nitrogens is 1. The highest BCUT2D eigenvalue weighted by molar-refractivity contribution is 5.95. The number of hydrogen-bond donors (Lipinski definition) is 2. The lowest BCUT2D eigenvalue weighted by atomic mass is 10.2. The minimum absolute atomic E-state index is 0. The molecule has 1 aromatic carbocycles. The maximum absolute atomic E-state index is 10.8. The number of nitrogens with one attached hydrogen (secondary N) is 1. The Balaban J connectivity index is 0.00000112. The Morgan fingerprint density at radius 3 is 2.87 bits per heavy atom. The average Bonchev–Trinajstić information content (AvgIpc) is 2.62. The van der Waals surface area contributed by atoms with Crippen LogP contribution in [0.25, 0.3) is 11.0 Å². The van der Waals surface area contributed by atoms with Gasteiger partial charge in [0, 0.05) is 6.07 Å². The van der Waals surface area contributed by atoms with Crippen molar-refractivity contribution in [3.05, 3.63) is 24.0 Å². The number of carboxylic acid groups (broad SMARTS) is 1. The molecule has 0 amide bonds. The fourth-order valence-electron chi connectivity index (χ4n) is 1.30. The molecule has 6 heteroatoms. The highest BCUT2D eigenvalue weighted by atomic mass is 35.5. The summed E-state index contributed by atoms with van der Waals surface area (Å²) in [6, 6.07) is 3.10. The largest absolute Gasteiger partial charge is 0.496 e. The summed E-state index contributed by atoms with van der Waals surface area (Å²) in [5.41, 5.74) is 1.50. The summed E-state index contributed by atoms with van der Waals surface area (Å²) in [5.74, 6) is -0.699. The highest BCUT2D eigenvalue weighted by Crippen LogP contribution is 2.23. The molecule has 15 heavy (non-hydrogen) atoms. The Kier molecular flexibility index (Phi) is 3.16. The number of nitrogens with zero attached hydrogens (tertiary/aromatic N) is 1. The first-order valence-corrected chi connectivity index (χ1v) is 3.97. The molecule has 2 rings (SSSR count). The van der Waals surface area contributed by atoms with E-state index in [4.69, 9.17) is 9.84 Å². The van der Waals surface area contributed by atoms with Crippen molar-refractivity contribution in [1.29, 1.82) is 0 Å². The van der Waals surface area contributed by atoms with Gasteiger partial charge in [0.05, 0.1) is 24.5 Å². The van der Waals surface area contributed by atoms with Crippen LogP contribution in [0.5, 0.6) is 5.75 Å². The van der Waals surface area contributed by atoms with E-state index in [9.17, 15) is 4.79 Å². The number of rotatable bonds is 2. The van der Waals surface area contributed by atoms with Crippen molar-refractivity contribution in [2.24, 2.45) is 0 Å². The van der Waals surface area contributed by atoms with Crippen LogP contribution >= 0.6 is 12.4 Å². The molecule has 2 N–H and O–H groups in total. The summed E-state index contributed by atoms with van der Waals surface area (Å²) in [5, 5.41) is 8.88. The molecule has 0 unspecified atom stereocenters. The van der Waals surface area contributed by atoms with Crippen LogP contribution in [0.3, 0.4) is 0 Å². The van der Waals surface area contributed by atoms with Crippen LogP contribution in [0, 0.1) is 0 Å². The van der Waals surface area contributed by atoms with Crippen LogP contribution < -0.4 is 4.74 Å². The third-order valence-corrected chi connectivity index (χ3v) is 1.97. The molecule has 5 nitrogen and oxygen atoms in total. The second-order valence-corrected chi connectivity index (χ2v) is 2.78. The standard InChI is InChI=1S/C9H8N2O3.ClH/c1-14-8-3-7-6(10-4-11-7)2-5(8)9(12)13;/h2-4H,1H3,(H,10,11)(H,12,13);1H. The number of ether oxygens (including phenoxy) is 1. The molecule has 0 aliphatic carbocycles. The quantitative estimate of drug-likeness (QED) is 0.820. The number of carboxylic acids is 1. The minimum Gasteiger partial charge on any atom is -0.496 e. The Hall–Kier alpha value is -1.75. The van der Waals surface area contributed by atoms with Gasteiger partial charge in [-0.3, -0.25) is 0 Å². The van der Waals surface area contributed by atoms with Crippen LogP contribution in [-0.2, 0) is 0 Å². The number of carbonyl (C=O) groups is 1. The molecule has 80 valence electrons. The lowest BCUT2D eigenvalue weighted by molar-refractivity contribution is 0.0693. The first kappa shape index (κ1) is 11.3. The van der Waals surface area contributed by atoms with E-state index in [1.807, 2.05) is 0 Å². The lowest BCUT2D eigenvalue weighted by Gasteiger charge is -2.03. The van der Waals surface area contributed by atoms with Gasteiger partial charge in [-0.2, -0.15) is 0 Å². The van der Waals surface area contributed by atoms with Crippen molar-refractivity contribution in [3.63, 3.8) is 0 Å². The predicted octanol–water partition coefficient (Wildman–Crippen LogP) is 1.69. The summed E-state index contributed by atoms with van der Waals surface area (Å²) < 4.78 is 4.95. The maximum Gasteiger partial charge on any atom is 0.339 e. The number of aromatic carboxylic acids is 1. The number of hydrogen-bond acceptors (Lipinski definition) is 3. The van der Waals surface area contributed by atoms with Crippen molar-refractivity contribution in [1.82, 2.24) is 9.97 Å². The molecule has 0 aliphatic heterocycles. The van der Waals surface area contributed by atoms with Gasteiger partial charge in [0.1, 0.15) is 11.3 Å². The van der Waals surface area contributed by atoms with Gasteiger partial charge in [0.25, 0.3) is 0 Å². The monoisotopic (exact) mass is 228 g/mol. The Morgan fingerprint density at radius 2 is 2.27 bits per heavy atom. The number of benzene rings is 1. The van der Waals surface area contributed by atoms with Crippen molar-refractivity contribution in [3.8, 4) is 5.75 Å². The van der Waals surface area contributed by atoms with E-state index in [-0.39, 0.29) is 18.0 Å². The van der Waals surface area contributed by atoms with Gasteiger partial charge in [0.2, 0.25) is 0 Å². The van der Waals surface area contributed by atoms with Gasteiger partial charge in [-0.1, -0.05) is 0 Å². The fraction of sp³-hybridized carbons (Fsp3) is 0.111. The lowest BCUT2D eigenvalue weighted by Crippen LogP contribution is -2.00. The van der Waals surface area contributed by atoms with Crippen molar-refractivity contribution in [2.45, 2.75) is 0 Å². The van der Waals surface area contributed by atoms with Crippen molar-refractivity contribution >= 4 is 29.4 Å². The van der Waals surface area contributed by atoms with Gasteiger partial charge in [0.15, 0.2) is 0 Å². The van der Waals surface area contributed by atoms with Gasteiger partial charge < -0.3 is 14.8 Å². The summed E-state index contributed by atoms with van der Waals surface area (Å²) >= 11 is 0. The average molecular weight is 229 g/mol. The second-order valence-electron chi connectivity index (χ2n) is 2.78. The van der Waals surface area contributed by atoms with Crippen LogP contribution in [0.2, 0.25) is 0 Å². The third-order valence-electron chi connectivity index (χ3n) is 1.97. The molecular weight excluding hydrogens is 220 g/mol. The van der Waals surface area contributed by atoms with E-state index in [2.05, 4.69) is 9.97 Å². The van der Waals surface area contributed by atoms with E-state index >= 15 is 0 Å². The molecule has 0 spiro atoms. The van der Waals surface area contributed by atoms with Gasteiger partial charge >= 0.3 is 5.97 Å². The molecular formula is C9H9ClN2O3. The number of aromatic nitrogens is 2. The highest BCUT2D eigenvalue weighted by Gasteiger charge is 2.12. The molecule has 1 aromatic heterocycles. The minimum atomic E-state index is -1.02. The molecule has 0 atom stereocenters.